The number of ether oxygens (including phenoxy) is 1. The van der Waals surface area contributed by atoms with Crippen LogP contribution in [0, 0.1) is 0 Å². The second-order valence-corrected chi connectivity index (χ2v) is 4.06. The Balaban J connectivity index is 2.19. The molecule has 0 aromatic carbocycles. The fourth-order valence-corrected chi connectivity index (χ4v) is 1.84. The molecule has 2 rings (SSSR count). The van der Waals surface area contributed by atoms with E-state index in [1.165, 1.54) is 6.20 Å². The van der Waals surface area contributed by atoms with Crippen molar-refractivity contribution in [1.82, 2.24) is 4.98 Å². The smallest absolute Gasteiger partial charge is 0.129 e. The largest absolute Gasteiger partial charge is 0.394 e. The van der Waals surface area contributed by atoms with Gasteiger partial charge in [0.2, 0.25) is 0 Å². The third kappa shape index (κ3) is 2.05. The fraction of sp³-hybridized carbons (Fsp3) is 0.500. The first-order chi connectivity index (χ1) is 7.63. The van der Waals surface area contributed by atoms with Crippen molar-refractivity contribution in [2.75, 3.05) is 6.61 Å². The first-order valence-corrected chi connectivity index (χ1v) is 5.25. The molecule has 6 heteroatoms. The van der Waals surface area contributed by atoms with E-state index in [0.717, 1.165) is 0 Å². The number of aromatic nitrogens is 1. The quantitative estimate of drug-likeness (QED) is 0.634. The van der Waals surface area contributed by atoms with Gasteiger partial charge in [0, 0.05) is 11.8 Å². The van der Waals surface area contributed by atoms with Crippen molar-refractivity contribution >= 4 is 11.6 Å². The molecule has 1 fully saturated rings. The maximum Gasteiger partial charge on any atom is 0.129 e. The maximum absolute atomic E-state index is 9.73. The van der Waals surface area contributed by atoms with E-state index >= 15 is 0 Å². The second kappa shape index (κ2) is 4.65. The number of rotatable bonds is 2. The predicted molar refractivity (Wildman–Crippen MR) is 56.0 cm³/mol. The van der Waals surface area contributed by atoms with Gasteiger partial charge in [-0.15, -0.1) is 0 Å². The maximum atomic E-state index is 9.73. The summed E-state index contributed by atoms with van der Waals surface area (Å²) in [5.41, 5.74) is 0.618. The molecule has 0 saturated carbocycles. The number of aliphatic hydroxyl groups excluding tert-OH is 3. The summed E-state index contributed by atoms with van der Waals surface area (Å²) < 4.78 is 5.33. The van der Waals surface area contributed by atoms with Gasteiger partial charge in [-0.25, -0.2) is 4.98 Å². The fourth-order valence-electron chi connectivity index (χ4n) is 1.73. The van der Waals surface area contributed by atoms with Crippen LogP contribution in [0.25, 0.3) is 0 Å². The van der Waals surface area contributed by atoms with E-state index < -0.39 is 24.4 Å². The lowest BCUT2D eigenvalue weighted by Gasteiger charge is -2.14. The third-order valence-corrected chi connectivity index (χ3v) is 2.84. The zero-order chi connectivity index (χ0) is 11.7. The molecule has 88 valence electrons. The van der Waals surface area contributed by atoms with Crippen molar-refractivity contribution < 1.29 is 20.1 Å². The van der Waals surface area contributed by atoms with Gasteiger partial charge >= 0.3 is 0 Å². The first-order valence-electron chi connectivity index (χ1n) is 4.87. The first kappa shape index (κ1) is 11.8. The molecule has 1 aliphatic rings. The van der Waals surface area contributed by atoms with Gasteiger partial charge in [0.1, 0.15) is 29.6 Å². The summed E-state index contributed by atoms with van der Waals surface area (Å²) >= 11 is 5.64. The van der Waals surface area contributed by atoms with Gasteiger partial charge in [-0.1, -0.05) is 17.7 Å². The Morgan fingerprint density at radius 3 is 2.56 bits per heavy atom. The molecule has 0 spiro atoms. The lowest BCUT2D eigenvalue weighted by atomic mass is 10.0. The molecule has 0 aliphatic carbocycles. The average molecular weight is 246 g/mol. The Kier molecular flexibility index (Phi) is 3.41. The van der Waals surface area contributed by atoms with Gasteiger partial charge < -0.3 is 20.1 Å². The van der Waals surface area contributed by atoms with Gasteiger partial charge in [0.15, 0.2) is 0 Å². The van der Waals surface area contributed by atoms with Crippen molar-refractivity contribution in [3.05, 3.63) is 29.0 Å². The van der Waals surface area contributed by atoms with E-state index in [2.05, 4.69) is 4.98 Å². The van der Waals surface area contributed by atoms with Crippen LogP contribution in [0.2, 0.25) is 5.15 Å². The molecule has 16 heavy (non-hydrogen) atoms. The molecule has 0 bridgehead atoms. The minimum atomic E-state index is -1.09. The molecular formula is C10H12ClNO4. The highest BCUT2D eigenvalue weighted by molar-refractivity contribution is 6.29. The van der Waals surface area contributed by atoms with Crippen LogP contribution in [0.15, 0.2) is 18.3 Å². The summed E-state index contributed by atoms with van der Waals surface area (Å²) in [4.78, 5) is 3.86. The molecule has 0 amide bonds. The molecular weight excluding hydrogens is 234 g/mol. The Labute approximate surface area is 97.3 Å². The molecule has 0 unspecified atom stereocenters. The zero-order valence-corrected chi connectivity index (χ0v) is 9.08. The summed E-state index contributed by atoms with van der Waals surface area (Å²) in [7, 11) is 0. The van der Waals surface area contributed by atoms with Gasteiger partial charge in [0.05, 0.1) is 6.61 Å². The van der Waals surface area contributed by atoms with Crippen molar-refractivity contribution in [3.63, 3.8) is 0 Å². The van der Waals surface area contributed by atoms with Crippen LogP contribution in [-0.4, -0.2) is 45.2 Å². The Hall–Kier alpha value is -0.720. The van der Waals surface area contributed by atoms with Crippen LogP contribution in [-0.2, 0) is 4.74 Å². The summed E-state index contributed by atoms with van der Waals surface area (Å²) in [6.45, 7) is -0.338. The van der Waals surface area contributed by atoms with Gasteiger partial charge in [-0.3, -0.25) is 0 Å². The van der Waals surface area contributed by atoms with Crippen LogP contribution in [0.5, 0.6) is 0 Å². The predicted octanol–water partition coefficient (Wildman–Crippen LogP) is -0.111. The number of pyridine rings is 1. The molecule has 1 saturated heterocycles. The summed E-state index contributed by atoms with van der Waals surface area (Å²) in [5, 5.41) is 28.6. The van der Waals surface area contributed by atoms with E-state index in [4.69, 9.17) is 21.4 Å². The number of nitrogens with zero attached hydrogens (tertiary/aromatic N) is 1. The van der Waals surface area contributed by atoms with E-state index in [-0.39, 0.29) is 6.61 Å². The topological polar surface area (TPSA) is 82.8 Å². The molecule has 4 atom stereocenters. The minimum Gasteiger partial charge on any atom is -0.394 e. The molecule has 1 aromatic rings. The van der Waals surface area contributed by atoms with Crippen molar-refractivity contribution in [2.45, 2.75) is 24.4 Å². The van der Waals surface area contributed by atoms with Crippen LogP contribution in [0.4, 0.5) is 0 Å². The number of hydrogen-bond acceptors (Lipinski definition) is 5. The van der Waals surface area contributed by atoms with Crippen LogP contribution >= 0.6 is 11.6 Å². The van der Waals surface area contributed by atoms with Crippen molar-refractivity contribution in [2.24, 2.45) is 0 Å². The van der Waals surface area contributed by atoms with Crippen LogP contribution < -0.4 is 0 Å². The van der Waals surface area contributed by atoms with E-state index in [0.29, 0.717) is 10.7 Å². The van der Waals surface area contributed by atoms with E-state index in [9.17, 15) is 10.2 Å². The van der Waals surface area contributed by atoms with Gasteiger partial charge in [0.25, 0.3) is 0 Å². The Bertz CT molecular complexity index is 358. The van der Waals surface area contributed by atoms with Crippen LogP contribution in [0.1, 0.15) is 11.7 Å². The monoisotopic (exact) mass is 245 g/mol. The SMILES string of the molecule is OC[C@H]1O[C@H](c2ccc(Cl)nc2)[C@H](O)[C@@H]1O. The normalized spacial score (nSPS) is 34.2. The number of aliphatic hydroxyl groups is 3. The highest BCUT2D eigenvalue weighted by Gasteiger charge is 2.42. The van der Waals surface area contributed by atoms with E-state index in [1.807, 2.05) is 0 Å². The standard InChI is InChI=1S/C10H12ClNO4/c11-7-2-1-5(3-12-7)10-9(15)8(14)6(4-13)16-10/h1-3,6,8-10,13-15H,4H2/t6-,8-,9-,10-/m1/s1. The molecule has 1 aromatic heterocycles. The highest BCUT2D eigenvalue weighted by Crippen LogP contribution is 2.33. The zero-order valence-electron chi connectivity index (χ0n) is 8.32. The molecule has 5 nitrogen and oxygen atoms in total. The molecule has 3 N–H and O–H groups in total. The average Bonchev–Trinajstić information content (AvgIpc) is 2.57. The summed E-state index contributed by atoms with van der Waals surface area (Å²) in [6, 6.07) is 3.24. The second-order valence-electron chi connectivity index (χ2n) is 3.67. The van der Waals surface area contributed by atoms with Gasteiger partial charge in [-0.2, -0.15) is 0 Å². The minimum absolute atomic E-state index is 0.338. The third-order valence-electron chi connectivity index (χ3n) is 2.62. The van der Waals surface area contributed by atoms with Crippen molar-refractivity contribution in [1.29, 1.82) is 0 Å². The number of halogens is 1. The van der Waals surface area contributed by atoms with E-state index in [1.54, 1.807) is 12.1 Å². The lowest BCUT2D eigenvalue weighted by molar-refractivity contribution is -0.0228. The van der Waals surface area contributed by atoms with Gasteiger partial charge in [-0.05, 0) is 6.07 Å². The summed E-state index contributed by atoms with van der Waals surface area (Å²) in [5.74, 6) is 0. The number of hydrogen-bond donors (Lipinski definition) is 3. The summed E-state index contributed by atoms with van der Waals surface area (Å²) in [6.07, 6.45) is -2.14. The van der Waals surface area contributed by atoms with Crippen LogP contribution in [0.3, 0.4) is 0 Å². The molecule has 0 radical (unpaired) electrons. The van der Waals surface area contributed by atoms with Crippen molar-refractivity contribution in [3.8, 4) is 0 Å². The molecule has 2 heterocycles. The molecule has 1 aliphatic heterocycles. The Morgan fingerprint density at radius 2 is 2.06 bits per heavy atom. The Morgan fingerprint density at radius 1 is 1.31 bits per heavy atom. The lowest BCUT2D eigenvalue weighted by Crippen LogP contribution is -2.32. The highest BCUT2D eigenvalue weighted by atomic mass is 35.5.